The molecule has 1 heterocycles. The highest BCUT2D eigenvalue weighted by atomic mass is 32.2. The Balaban J connectivity index is 1.67. The number of rotatable bonds is 5. The highest BCUT2D eigenvalue weighted by Crippen LogP contribution is 2.35. The van der Waals surface area contributed by atoms with Gasteiger partial charge in [0.05, 0.1) is 17.5 Å². The van der Waals surface area contributed by atoms with E-state index in [1.165, 1.54) is 19.2 Å². The minimum atomic E-state index is -3.85. The van der Waals surface area contributed by atoms with Gasteiger partial charge in [-0.2, -0.15) is 4.31 Å². The molecular formula is C18H19FN2O3S2. The van der Waals surface area contributed by atoms with Crippen LogP contribution in [0.4, 0.5) is 4.39 Å². The molecule has 0 saturated heterocycles. The smallest absolute Gasteiger partial charge is 0.243 e. The maximum atomic E-state index is 13.0. The average Bonchev–Trinajstić information content (AvgIpc) is 2.62. The van der Waals surface area contributed by atoms with Crippen LogP contribution in [0, 0.1) is 5.82 Å². The van der Waals surface area contributed by atoms with Crippen LogP contribution in [0.25, 0.3) is 0 Å². The second-order valence-electron chi connectivity index (χ2n) is 6.01. The van der Waals surface area contributed by atoms with Crippen LogP contribution >= 0.6 is 11.8 Å². The third kappa shape index (κ3) is 4.08. The van der Waals surface area contributed by atoms with Crippen molar-refractivity contribution in [3.05, 3.63) is 59.9 Å². The van der Waals surface area contributed by atoms with Gasteiger partial charge in [-0.25, -0.2) is 12.8 Å². The fraction of sp³-hybridized carbons (Fsp3) is 0.278. The summed E-state index contributed by atoms with van der Waals surface area (Å²) in [6.45, 7) is -0.300. The quantitative estimate of drug-likeness (QED) is 0.847. The minimum absolute atomic E-state index is 0.0476. The fourth-order valence-corrected chi connectivity index (χ4v) is 5.06. The summed E-state index contributed by atoms with van der Waals surface area (Å²) in [5, 5.41) is 2.92. The van der Waals surface area contributed by atoms with Crippen molar-refractivity contribution < 1.29 is 17.6 Å². The predicted octanol–water partition coefficient (Wildman–Crippen LogP) is 2.80. The Morgan fingerprint density at radius 2 is 1.92 bits per heavy atom. The normalized spacial score (nSPS) is 17.0. The Labute approximate surface area is 156 Å². The molecule has 1 aliphatic rings. The summed E-state index contributed by atoms with van der Waals surface area (Å²) < 4.78 is 38.9. The van der Waals surface area contributed by atoms with Gasteiger partial charge >= 0.3 is 0 Å². The van der Waals surface area contributed by atoms with Crippen molar-refractivity contribution in [3.8, 4) is 0 Å². The molecule has 0 saturated carbocycles. The number of halogens is 1. The van der Waals surface area contributed by atoms with Crippen molar-refractivity contribution in [2.75, 3.05) is 19.3 Å². The number of sulfonamides is 1. The SMILES string of the molecule is CN(CC(=O)N[C@H]1CCSc2ccccc21)S(=O)(=O)c1ccc(F)cc1. The Morgan fingerprint density at radius 1 is 1.23 bits per heavy atom. The van der Waals surface area contributed by atoms with Gasteiger partial charge in [-0.3, -0.25) is 4.79 Å². The van der Waals surface area contributed by atoms with Crippen LogP contribution in [0.15, 0.2) is 58.3 Å². The van der Waals surface area contributed by atoms with E-state index < -0.39 is 15.8 Å². The molecule has 0 radical (unpaired) electrons. The highest BCUT2D eigenvalue weighted by molar-refractivity contribution is 7.99. The van der Waals surface area contributed by atoms with Crippen LogP contribution in [-0.4, -0.2) is 38.0 Å². The zero-order valence-corrected chi connectivity index (χ0v) is 15.8. The van der Waals surface area contributed by atoms with Crippen LogP contribution in [0.5, 0.6) is 0 Å². The first-order valence-corrected chi connectivity index (χ1v) is 10.5. The van der Waals surface area contributed by atoms with Crippen LogP contribution in [0.3, 0.4) is 0 Å². The standard InChI is InChI=1S/C18H19FN2O3S2/c1-21(26(23,24)14-8-6-13(19)7-9-14)12-18(22)20-16-10-11-25-17-5-3-2-4-15(16)17/h2-9,16H,10-12H2,1H3,(H,20,22)/t16-/m0/s1. The van der Waals surface area contributed by atoms with Crippen molar-refractivity contribution in [2.24, 2.45) is 0 Å². The number of nitrogens with zero attached hydrogens (tertiary/aromatic N) is 1. The van der Waals surface area contributed by atoms with E-state index in [-0.39, 0.29) is 23.4 Å². The van der Waals surface area contributed by atoms with Gasteiger partial charge in [0.2, 0.25) is 15.9 Å². The van der Waals surface area contributed by atoms with E-state index >= 15 is 0 Å². The molecule has 0 bridgehead atoms. The summed E-state index contributed by atoms with van der Waals surface area (Å²) in [4.78, 5) is 13.5. The van der Waals surface area contributed by atoms with Gasteiger partial charge in [0.25, 0.3) is 0 Å². The predicted molar refractivity (Wildman–Crippen MR) is 98.9 cm³/mol. The molecule has 1 amide bonds. The zero-order chi connectivity index (χ0) is 18.7. The maximum absolute atomic E-state index is 13.0. The van der Waals surface area contributed by atoms with Crippen LogP contribution in [-0.2, 0) is 14.8 Å². The van der Waals surface area contributed by atoms with Gasteiger partial charge in [0.15, 0.2) is 0 Å². The van der Waals surface area contributed by atoms with Crippen molar-refractivity contribution in [1.82, 2.24) is 9.62 Å². The first kappa shape index (κ1) is 18.9. The third-order valence-corrected chi connectivity index (χ3v) is 7.12. The van der Waals surface area contributed by atoms with Gasteiger partial charge in [-0.1, -0.05) is 18.2 Å². The summed E-state index contributed by atoms with van der Waals surface area (Å²) in [7, 11) is -2.51. The van der Waals surface area contributed by atoms with E-state index in [1.54, 1.807) is 11.8 Å². The first-order chi connectivity index (χ1) is 12.4. The number of likely N-dealkylation sites (N-methyl/N-ethyl adjacent to an activating group) is 1. The lowest BCUT2D eigenvalue weighted by molar-refractivity contribution is -0.121. The van der Waals surface area contributed by atoms with Crippen LogP contribution < -0.4 is 5.32 Å². The fourth-order valence-electron chi connectivity index (χ4n) is 2.81. The lowest BCUT2D eigenvalue weighted by Gasteiger charge is -2.26. The van der Waals surface area contributed by atoms with Gasteiger partial charge in [0.1, 0.15) is 5.82 Å². The van der Waals surface area contributed by atoms with E-state index in [4.69, 9.17) is 0 Å². The lowest BCUT2D eigenvalue weighted by atomic mass is 10.0. The largest absolute Gasteiger partial charge is 0.348 e. The molecule has 1 N–H and O–H groups in total. The molecule has 0 aromatic heterocycles. The summed E-state index contributed by atoms with van der Waals surface area (Å²) in [5.74, 6) is 0.00847. The number of hydrogen-bond acceptors (Lipinski definition) is 4. The highest BCUT2D eigenvalue weighted by Gasteiger charge is 2.26. The van der Waals surface area contributed by atoms with E-state index in [2.05, 4.69) is 5.32 Å². The number of fused-ring (bicyclic) bond motifs is 1. The van der Waals surface area contributed by atoms with E-state index in [0.29, 0.717) is 0 Å². The van der Waals surface area contributed by atoms with E-state index in [1.807, 2.05) is 24.3 Å². The molecular weight excluding hydrogens is 375 g/mol. The topological polar surface area (TPSA) is 66.5 Å². The molecule has 0 fully saturated rings. The number of carbonyl (C=O) groups is 1. The monoisotopic (exact) mass is 394 g/mol. The van der Waals surface area contributed by atoms with Crippen molar-refractivity contribution in [2.45, 2.75) is 22.3 Å². The number of nitrogens with one attached hydrogen (secondary N) is 1. The maximum Gasteiger partial charge on any atom is 0.243 e. The number of amides is 1. The Morgan fingerprint density at radius 3 is 2.65 bits per heavy atom. The molecule has 5 nitrogen and oxygen atoms in total. The molecule has 0 aliphatic carbocycles. The minimum Gasteiger partial charge on any atom is -0.348 e. The zero-order valence-electron chi connectivity index (χ0n) is 14.2. The molecule has 26 heavy (non-hydrogen) atoms. The van der Waals surface area contributed by atoms with Crippen molar-refractivity contribution in [1.29, 1.82) is 0 Å². The molecule has 2 aromatic carbocycles. The third-order valence-electron chi connectivity index (χ3n) is 4.18. The molecule has 0 unspecified atom stereocenters. The molecule has 8 heteroatoms. The Bertz CT molecular complexity index is 901. The van der Waals surface area contributed by atoms with Crippen molar-refractivity contribution >= 4 is 27.7 Å². The number of carbonyl (C=O) groups excluding carboxylic acids is 1. The summed E-state index contributed by atoms with van der Waals surface area (Å²) in [6.07, 6.45) is 0.793. The molecule has 2 aromatic rings. The lowest BCUT2D eigenvalue weighted by Crippen LogP contribution is -2.40. The molecule has 138 valence electrons. The van der Waals surface area contributed by atoms with Gasteiger partial charge < -0.3 is 5.32 Å². The average molecular weight is 394 g/mol. The Kier molecular flexibility index (Phi) is 5.64. The Hall–Kier alpha value is -1.90. The number of benzene rings is 2. The van der Waals surface area contributed by atoms with Crippen molar-refractivity contribution in [3.63, 3.8) is 0 Å². The number of thioether (sulfide) groups is 1. The first-order valence-electron chi connectivity index (χ1n) is 8.11. The van der Waals surface area contributed by atoms with Gasteiger partial charge in [0, 0.05) is 17.7 Å². The van der Waals surface area contributed by atoms with E-state index in [9.17, 15) is 17.6 Å². The molecule has 0 spiro atoms. The van der Waals surface area contributed by atoms with Crippen LogP contribution in [0.1, 0.15) is 18.0 Å². The summed E-state index contributed by atoms with van der Waals surface area (Å²) in [6, 6.07) is 12.3. The molecule has 3 rings (SSSR count). The second-order valence-corrected chi connectivity index (χ2v) is 9.19. The molecule has 1 atom stereocenters. The summed E-state index contributed by atoms with van der Waals surface area (Å²) >= 11 is 1.75. The summed E-state index contributed by atoms with van der Waals surface area (Å²) in [5.41, 5.74) is 1.06. The van der Waals surface area contributed by atoms with E-state index in [0.717, 1.165) is 39.1 Å². The molecule has 1 aliphatic heterocycles. The number of hydrogen-bond donors (Lipinski definition) is 1. The van der Waals surface area contributed by atoms with Crippen LogP contribution in [0.2, 0.25) is 0 Å². The second kappa shape index (κ2) is 7.77. The van der Waals surface area contributed by atoms with Gasteiger partial charge in [-0.15, -0.1) is 11.8 Å². The van der Waals surface area contributed by atoms with Gasteiger partial charge in [-0.05, 0) is 42.3 Å².